The van der Waals surface area contributed by atoms with Crippen molar-refractivity contribution in [2.45, 2.75) is 11.3 Å². The second kappa shape index (κ2) is 18.5. The van der Waals surface area contributed by atoms with E-state index in [0.717, 1.165) is 10.5 Å². The fourth-order valence-corrected chi connectivity index (χ4v) is 3.65. The summed E-state index contributed by atoms with van der Waals surface area (Å²) in [5.74, 6) is -0.0337. The fourth-order valence-electron chi connectivity index (χ4n) is 2.53. The van der Waals surface area contributed by atoms with Crippen LogP contribution >= 0.6 is 19.9 Å². The standard InChI is InChI=1S/C22H39ClN2O6S/c1-32(2,23)21-5-3-4-20(18-21)19-22(26)25-7-9-28-11-13-30-15-17-31-16-14-29-12-10-27-8-6-24/h3-5,18H,6-17,19,24H2,1-2H3,(H,25,26). The first-order valence-corrected chi connectivity index (χ1v) is 14.1. The van der Waals surface area contributed by atoms with Gasteiger partial charge >= 0.3 is 0 Å². The molecule has 3 N–H and O–H groups in total. The summed E-state index contributed by atoms with van der Waals surface area (Å²) in [6.45, 7) is 6.07. The first kappa shape index (κ1) is 29.1. The Morgan fingerprint density at radius 2 is 1.38 bits per heavy atom. The molecule has 32 heavy (non-hydrogen) atoms. The second-order valence-electron chi connectivity index (χ2n) is 7.23. The molecule has 0 aromatic heterocycles. The van der Waals surface area contributed by atoms with E-state index in [1.807, 2.05) is 36.8 Å². The van der Waals surface area contributed by atoms with Gasteiger partial charge in [0.2, 0.25) is 5.91 Å². The van der Waals surface area contributed by atoms with Gasteiger partial charge in [-0.15, -0.1) is 9.24 Å². The minimum atomic E-state index is -1.32. The minimum Gasteiger partial charge on any atom is -0.378 e. The number of rotatable bonds is 20. The first-order valence-electron chi connectivity index (χ1n) is 10.8. The van der Waals surface area contributed by atoms with E-state index >= 15 is 0 Å². The Labute approximate surface area is 198 Å². The topological polar surface area (TPSA) is 101 Å². The molecule has 1 aromatic rings. The number of nitrogens with two attached hydrogens (primary N) is 1. The van der Waals surface area contributed by atoms with E-state index in [1.54, 1.807) is 0 Å². The lowest BCUT2D eigenvalue weighted by Gasteiger charge is -2.22. The Bertz CT molecular complexity index is 618. The van der Waals surface area contributed by atoms with E-state index in [1.165, 1.54) is 0 Å². The van der Waals surface area contributed by atoms with Crippen LogP contribution in [0.5, 0.6) is 0 Å². The number of ether oxygens (including phenoxy) is 5. The molecule has 0 unspecified atom stereocenters. The van der Waals surface area contributed by atoms with Crippen molar-refractivity contribution in [3.05, 3.63) is 29.8 Å². The Kier molecular flexibility index (Phi) is 16.8. The summed E-state index contributed by atoms with van der Waals surface area (Å²) in [4.78, 5) is 13.2. The number of halogens is 1. The SMILES string of the molecule is CS(C)(Cl)c1cccc(CC(=O)NCCOCCOCCOCCOCCOCCN)c1. The van der Waals surface area contributed by atoms with E-state index in [9.17, 15) is 4.79 Å². The number of carbonyl (C=O) groups is 1. The summed E-state index contributed by atoms with van der Waals surface area (Å²) in [6, 6.07) is 7.89. The number of amides is 1. The summed E-state index contributed by atoms with van der Waals surface area (Å²) < 4.78 is 26.8. The average molecular weight is 495 g/mol. The predicted molar refractivity (Wildman–Crippen MR) is 130 cm³/mol. The van der Waals surface area contributed by atoms with Gasteiger partial charge < -0.3 is 34.7 Å². The molecule has 1 amide bonds. The number of hydrogen-bond acceptors (Lipinski definition) is 7. The van der Waals surface area contributed by atoms with Crippen LogP contribution < -0.4 is 11.1 Å². The van der Waals surface area contributed by atoms with Gasteiger partial charge in [0.1, 0.15) is 0 Å². The zero-order valence-electron chi connectivity index (χ0n) is 19.3. The molecule has 1 aromatic carbocycles. The quantitative estimate of drug-likeness (QED) is 0.267. The lowest BCUT2D eigenvalue weighted by molar-refractivity contribution is -0.120. The van der Waals surface area contributed by atoms with Crippen molar-refractivity contribution in [2.75, 3.05) is 91.7 Å². The van der Waals surface area contributed by atoms with Gasteiger partial charge in [-0.2, -0.15) is 0 Å². The Hall–Kier alpha value is -0.910. The molecule has 0 radical (unpaired) electrons. The molecule has 1 rings (SSSR count). The van der Waals surface area contributed by atoms with Gasteiger partial charge in [-0.1, -0.05) is 22.8 Å². The van der Waals surface area contributed by atoms with Gasteiger partial charge in [0.15, 0.2) is 0 Å². The molecule has 0 spiro atoms. The lowest BCUT2D eigenvalue weighted by atomic mass is 10.1. The molecule has 0 heterocycles. The zero-order chi connectivity index (χ0) is 23.5. The molecule has 186 valence electrons. The molecule has 0 saturated heterocycles. The van der Waals surface area contributed by atoms with Crippen molar-refractivity contribution in [3.63, 3.8) is 0 Å². The van der Waals surface area contributed by atoms with Crippen molar-refractivity contribution in [1.29, 1.82) is 0 Å². The third-order valence-corrected chi connectivity index (χ3v) is 6.05. The molecule has 0 aliphatic carbocycles. The van der Waals surface area contributed by atoms with E-state index in [-0.39, 0.29) is 5.91 Å². The monoisotopic (exact) mass is 494 g/mol. The van der Waals surface area contributed by atoms with Crippen LogP contribution in [0.4, 0.5) is 0 Å². The third kappa shape index (κ3) is 15.8. The van der Waals surface area contributed by atoms with Crippen molar-refractivity contribution < 1.29 is 28.5 Å². The lowest BCUT2D eigenvalue weighted by Crippen LogP contribution is -2.29. The van der Waals surface area contributed by atoms with E-state index in [2.05, 4.69) is 5.32 Å². The summed E-state index contributed by atoms with van der Waals surface area (Å²) in [5.41, 5.74) is 6.27. The molecule has 0 atom stereocenters. The summed E-state index contributed by atoms with van der Waals surface area (Å²) in [5, 5.41) is 2.86. The average Bonchev–Trinajstić information content (AvgIpc) is 2.75. The van der Waals surface area contributed by atoms with Crippen molar-refractivity contribution >= 4 is 25.8 Å². The van der Waals surface area contributed by atoms with Gasteiger partial charge in [-0.3, -0.25) is 4.79 Å². The first-order chi connectivity index (χ1) is 15.4. The van der Waals surface area contributed by atoms with Gasteiger partial charge in [0.05, 0.1) is 72.5 Å². The Morgan fingerprint density at radius 3 is 1.88 bits per heavy atom. The highest BCUT2D eigenvalue weighted by molar-refractivity contribution is 8.50. The third-order valence-electron chi connectivity index (χ3n) is 4.14. The molecule has 0 bridgehead atoms. The van der Waals surface area contributed by atoms with Crippen LogP contribution in [-0.2, 0) is 34.9 Å². The van der Waals surface area contributed by atoms with Crippen LogP contribution in [0.15, 0.2) is 29.2 Å². The van der Waals surface area contributed by atoms with Crippen LogP contribution in [0.2, 0.25) is 0 Å². The maximum Gasteiger partial charge on any atom is 0.224 e. The highest BCUT2D eigenvalue weighted by atomic mass is 35.7. The molecule has 0 fully saturated rings. The van der Waals surface area contributed by atoms with Crippen molar-refractivity contribution in [3.8, 4) is 0 Å². The van der Waals surface area contributed by atoms with E-state index < -0.39 is 9.24 Å². The highest BCUT2D eigenvalue weighted by Crippen LogP contribution is 2.53. The maximum absolute atomic E-state index is 12.1. The minimum absolute atomic E-state index is 0.0337. The zero-order valence-corrected chi connectivity index (χ0v) is 20.9. The molecule has 8 nitrogen and oxygen atoms in total. The Morgan fingerprint density at radius 1 is 0.875 bits per heavy atom. The molecule has 0 saturated carbocycles. The highest BCUT2D eigenvalue weighted by Gasteiger charge is 2.12. The number of hydrogen-bond donors (Lipinski definition) is 2. The summed E-state index contributed by atoms with van der Waals surface area (Å²) >= 11 is 0. The van der Waals surface area contributed by atoms with Crippen LogP contribution in [0.25, 0.3) is 0 Å². The maximum atomic E-state index is 12.1. The molecule has 10 heteroatoms. The predicted octanol–water partition coefficient (Wildman–Crippen LogP) is 1.96. The smallest absolute Gasteiger partial charge is 0.224 e. The summed E-state index contributed by atoms with van der Waals surface area (Å²) in [6.07, 6.45) is 4.36. The fraction of sp³-hybridized carbons (Fsp3) is 0.682. The molecular formula is C22H39ClN2O6S. The summed E-state index contributed by atoms with van der Waals surface area (Å²) in [7, 11) is 5.10. The van der Waals surface area contributed by atoms with Gasteiger partial charge in [-0.05, 0) is 30.2 Å². The van der Waals surface area contributed by atoms with Crippen LogP contribution in [0, 0.1) is 0 Å². The van der Waals surface area contributed by atoms with E-state index in [4.69, 9.17) is 40.1 Å². The van der Waals surface area contributed by atoms with Crippen LogP contribution in [0.3, 0.4) is 0 Å². The Balaban J connectivity index is 1.89. The van der Waals surface area contributed by atoms with Crippen LogP contribution in [0.1, 0.15) is 5.56 Å². The largest absolute Gasteiger partial charge is 0.378 e. The molecule has 0 aliphatic heterocycles. The van der Waals surface area contributed by atoms with Crippen LogP contribution in [-0.4, -0.2) is 97.6 Å². The number of carbonyl (C=O) groups excluding carboxylic acids is 1. The molecular weight excluding hydrogens is 456 g/mol. The second-order valence-corrected chi connectivity index (χ2v) is 12.4. The van der Waals surface area contributed by atoms with Gasteiger partial charge in [0, 0.05) is 18.0 Å². The van der Waals surface area contributed by atoms with Crippen molar-refractivity contribution in [1.82, 2.24) is 5.32 Å². The normalized spacial score (nSPS) is 12.1. The molecule has 0 aliphatic rings. The van der Waals surface area contributed by atoms with Gasteiger partial charge in [0.25, 0.3) is 0 Å². The van der Waals surface area contributed by atoms with E-state index in [0.29, 0.717) is 85.6 Å². The van der Waals surface area contributed by atoms with Crippen molar-refractivity contribution in [2.24, 2.45) is 5.73 Å². The van der Waals surface area contributed by atoms with Gasteiger partial charge in [-0.25, -0.2) is 0 Å². The number of nitrogens with one attached hydrogen (secondary N) is 1. The number of benzene rings is 1.